The molecule has 2 fully saturated rings. The van der Waals surface area contributed by atoms with E-state index >= 15 is 0 Å². The first-order chi connectivity index (χ1) is 15.3. The van der Waals surface area contributed by atoms with Gasteiger partial charge in [-0.2, -0.15) is 4.31 Å². The highest BCUT2D eigenvalue weighted by atomic mass is 32.2. The van der Waals surface area contributed by atoms with Crippen molar-refractivity contribution in [2.75, 3.05) is 18.4 Å². The van der Waals surface area contributed by atoms with Gasteiger partial charge in [0.05, 0.1) is 11.7 Å². The summed E-state index contributed by atoms with van der Waals surface area (Å²) in [4.78, 5) is 29.9. The van der Waals surface area contributed by atoms with E-state index in [0.29, 0.717) is 31.6 Å². The number of carbonyl (C=O) groups is 2. The van der Waals surface area contributed by atoms with Gasteiger partial charge in [-0.3, -0.25) is 9.69 Å². The molecule has 1 aromatic heterocycles. The number of aryl methyl sites for hydroxylation is 1. The number of anilines is 1. The van der Waals surface area contributed by atoms with Crippen molar-refractivity contribution in [3.05, 3.63) is 41.1 Å². The van der Waals surface area contributed by atoms with Crippen LogP contribution in [-0.2, 0) is 26.0 Å². The number of aromatic nitrogens is 1. The summed E-state index contributed by atoms with van der Waals surface area (Å²) in [6.07, 6.45) is 1.31. The topological polar surface area (TPSA) is 109 Å². The number of ether oxygens (including phenoxy) is 1. The Labute approximate surface area is 190 Å². The lowest BCUT2D eigenvalue weighted by atomic mass is 10.00. The lowest BCUT2D eigenvalue weighted by molar-refractivity contribution is -0.114. The Kier molecular flexibility index (Phi) is 5.22. The molecule has 2 atom stereocenters. The standard InChI is InChI=1S/C21H24N4O5S2/c1-12-19(31-20(22-12)23-13(2)26)32(28,29)24-9-7-15(8-10-24)25-18-16-6-4-3-5-14(16)11-17(18)30-21(25)27/h3-6,15,17-18H,7-11H2,1-2H3,(H,22,23,26). The Bertz CT molecular complexity index is 1190. The summed E-state index contributed by atoms with van der Waals surface area (Å²) in [7, 11) is -3.73. The van der Waals surface area contributed by atoms with Crippen LogP contribution in [0.25, 0.3) is 0 Å². The number of nitrogens with zero attached hydrogens (tertiary/aromatic N) is 3. The molecule has 32 heavy (non-hydrogen) atoms. The Morgan fingerprint density at radius 2 is 1.97 bits per heavy atom. The summed E-state index contributed by atoms with van der Waals surface area (Å²) in [5.74, 6) is -0.298. The third kappa shape index (κ3) is 3.48. The first-order valence-electron chi connectivity index (χ1n) is 10.6. The van der Waals surface area contributed by atoms with Crippen LogP contribution in [0.3, 0.4) is 0 Å². The molecule has 0 spiro atoms. The average molecular weight is 477 g/mol. The maximum Gasteiger partial charge on any atom is 0.411 e. The van der Waals surface area contributed by atoms with Crippen molar-refractivity contribution in [2.24, 2.45) is 0 Å². The van der Waals surface area contributed by atoms with E-state index in [4.69, 9.17) is 4.74 Å². The second-order valence-electron chi connectivity index (χ2n) is 8.39. The number of benzene rings is 1. The average Bonchev–Trinajstić information content (AvgIpc) is 3.38. The number of hydrogen-bond acceptors (Lipinski definition) is 7. The molecular formula is C21H24N4O5S2. The minimum Gasteiger partial charge on any atom is -0.443 e. The number of rotatable bonds is 4. The molecule has 0 radical (unpaired) electrons. The van der Waals surface area contributed by atoms with Crippen LogP contribution >= 0.6 is 11.3 Å². The van der Waals surface area contributed by atoms with Crippen molar-refractivity contribution in [1.29, 1.82) is 0 Å². The molecule has 5 rings (SSSR count). The van der Waals surface area contributed by atoms with E-state index in [0.717, 1.165) is 23.3 Å². The van der Waals surface area contributed by atoms with Crippen LogP contribution in [0.2, 0.25) is 0 Å². The molecule has 11 heteroatoms. The third-order valence-corrected chi connectivity index (χ3v) is 9.90. The number of fused-ring (bicyclic) bond motifs is 3. The second-order valence-corrected chi connectivity index (χ2v) is 11.5. The van der Waals surface area contributed by atoms with E-state index in [1.165, 1.54) is 16.8 Å². The number of amides is 2. The normalized spacial score (nSPS) is 23.7. The Balaban J connectivity index is 1.32. The van der Waals surface area contributed by atoms with E-state index in [-0.39, 0.29) is 39.5 Å². The summed E-state index contributed by atoms with van der Waals surface area (Å²) in [6.45, 7) is 3.59. The number of hydrogen-bond donors (Lipinski definition) is 1. The minimum atomic E-state index is -3.73. The highest BCUT2D eigenvalue weighted by molar-refractivity contribution is 7.91. The van der Waals surface area contributed by atoms with Crippen molar-refractivity contribution in [3.8, 4) is 0 Å². The number of thiazole rings is 1. The van der Waals surface area contributed by atoms with Crippen LogP contribution in [0.4, 0.5) is 9.93 Å². The highest BCUT2D eigenvalue weighted by Gasteiger charge is 2.50. The molecule has 0 bridgehead atoms. The van der Waals surface area contributed by atoms with Gasteiger partial charge < -0.3 is 10.1 Å². The highest BCUT2D eigenvalue weighted by Crippen LogP contribution is 2.45. The molecule has 170 valence electrons. The van der Waals surface area contributed by atoms with Crippen molar-refractivity contribution in [2.45, 2.75) is 55.5 Å². The van der Waals surface area contributed by atoms with Gasteiger partial charge in [0.2, 0.25) is 5.91 Å². The van der Waals surface area contributed by atoms with Gasteiger partial charge >= 0.3 is 6.09 Å². The van der Waals surface area contributed by atoms with Crippen LogP contribution in [0.1, 0.15) is 42.6 Å². The summed E-state index contributed by atoms with van der Waals surface area (Å²) in [5.41, 5.74) is 2.70. The van der Waals surface area contributed by atoms with Gasteiger partial charge in [0.15, 0.2) is 9.34 Å². The van der Waals surface area contributed by atoms with Crippen LogP contribution in [0, 0.1) is 6.92 Å². The molecule has 3 aliphatic rings. The molecule has 1 aromatic carbocycles. The molecular weight excluding hydrogens is 452 g/mol. The third-order valence-electron chi connectivity index (χ3n) is 6.34. The van der Waals surface area contributed by atoms with Gasteiger partial charge in [0.25, 0.3) is 10.0 Å². The zero-order chi connectivity index (χ0) is 22.6. The maximum atomic E-state index is 13.2. The first-order valence-corrected chi connectivity index (χ1v) is 12.8. The summed E-state index contributed by atoms with van der Waals surface area (Å²) < 4.78 is 33.7. The van der Waals surface area contributed by atoms with Gasteiger partial charge in [0, 0.05) is 32.5 Å². The largest absolute Gasteiger partial charge is 0.443 e. The van der Waals surface area contributed by atoms with E-state index in [2.05, 4.69) is 16.4 Å². The van der Waals surface area contributed by atoms with Crippen molar-refractivity contribution in [1.82, 2.24) is 14.2 Å². The van der Waals surface area contributed by atoms with Gasteiger partial charge in [-0.05, 0) is 30.9 Å². The van der Waals surface area contributed by atoms with E-state index < -0.39 is 10.0 Å². The fourth-order valence-corrected chi connectivity index (χ4v) is 8.02. The predicted molar refractivity (Wildman–Crippen MR) is 118 cm³/mol. The van der Waals surface area contributed by atoms with Crippen LogP contribution < -0.4 is 5.32 Å². The lowest BCUT2D eigenvalue weighted by Gasteiger charge is -2.37. The van der Waals surface area contributed by atoms with Crippen molar-refractivity contribution < 1.29 is 22.7 Å². The van der Waals surface area contributed by atoms with Crippen LogP contribution in [-0.4, -0.2) is 59.8 Å². The van der Waals surface area contributed by atoms with E-state index in [9.17, 15) is 18.0 Å². The Hall–Kier alpha value is -2.50. The van der Waals surface area contributed by atoms with Gasteiger partial charge in [-0.25, -0.2) is 18.2 Å². The molecule has 2 aromatic rings. The first kappa shape index (κ1) is 21.4. The zero-order valence-corrected chi connectivity index (χ0v) is 19.4. The van der Waals surface area contributed by atoms with E-state index in [1.54, 1.807) is 6.92 Å². The number of carbonyl (C=O) groups excluding carboxylic acids is 2. The Morgan fingerprint density at radius 1 is 1.25 bits per heavy atom. The van der Waals surface area contributed by atoms with Crippen molar-refractivity contribution in [3.63, 3.8) is 0 Å². The summed E-state index contributed by atoms with van der Waals surface area (Å²) in [6, 6.07) is 7.91. The summed E-state index contributed by atoms with van der Waals surface area (Å²) in [5, 5.41) is 2.82. The Morgan fingerprint density at radius 3 is 2.69 bits per heavy atom. The molecule has 0 saturated carbocycles. The molecule has 2 amide bonds. The minimum absolute atomic E-state index is 0.0763. The monoisotopic (exact) mass is 476 g/mol. The number of sulfonamides is 1. The molecule has 3 heterocycles. The van der Waals surface area contributed by atoms with Gasteiger partial charge in [-0.1, -0.05) is 35.6 Å². The predicted octanol–water partition coefficient (Wildman–Crippen LogP) is 2.68. The molecule has 9 nitrogen and oxygen atoms in total. The van der Waals surface area contributed by atoms with E-state index in [1.807, 2.05) is 23.1 Å². The molecule has 2 unspecified atom stereocenters. The fourth-order valence-electron chi connectivity index (χ4n) is 4.96. The smallest absolute Gasteiger partial charge is 0.411 e. The second kappa shape index (κ2) is 7.82. The van der Waals surface area contributed by atoms with Crippen LogP contribution in [0.15, 0.2) is 28.5 Å². The van der Waals surface area contributed by atoms with Gasteiger partial charge in [0.1, 0.15) is 6.10 Å². The quantitative estimate of drug-likeness (QED) is 0.727. The van der Waals surface area contributed by atoms with Crippen molar-refractivity contribution >= 4 is 38.5 Å². The number of piperidine rings is 1. The number of nitrogens with one attached hydrogen (secondary N) is 1. The maximum absolute atomic E-state index is 13.2. The van der Waals surface area contributed by atoms with Crippen LogP contribution in [0.5, 0.6) is 0 Å². The molecule has 2 saturated heterocycles. The molecule has 1 aliphatic carbocycles. The van der Waals surface area contributed by atoms with Gasteiger partial charge in [-0.15, -0.1) is 0 Å². The lowest BCUT2D eigenvalue weighted by Crippen LogP contribution is -2.47. The fraction of sp³-hybridized carbons (Fsp3) is 0.476. The summed E-state index contributed by atoms with van der Waals surface area (Å²) >= 11 is 0.963. The molecule has 1 N–H and O–H groups in total. The molecule has 2 aliphatic heterocycles. The zero-order valence-electron chi connectivity index (χ0n) is 17.8. The SMILES string of the molecule is CC(=O)Nc1nc(C)c(S(=O)(=O)N2CCC(N3C(=O)OC4Cc5ccccc5C43)CC2)s1.